The lowest BCUT2D eigenvalue weighted by atomic mass is 9.99. The first kappa shape index (κ1) is 42.6. The Morgan fingerprint density at radius 3 is 1.12 bits per heavy atom. The van der Waals surface area contributed by atoms with E-state index < -0.39 is 10.4 Å². The van der Waals surface area contributed by atoms with Crippen LogP contribution in [-0.4, -0.2) is 19.6 Å². The van der Waals surface area contributed by atoms with Gasteiger partial charge in [0.25, 0.3) is 0 Å². The van der Waals surface area contributed by atoms with Crippen LogP contribution in [0.1, 0.15) is 219 Å². The molecule has 0 spiro atoms. The van der Waals surface area contributed by atoms with Crippen LogP contribution in [0.25, 0.3) is 0 Å². The minimum atomic E-state index is -4.37. The van der Waals surface area contributed by atoms with Crippen molar-refractivity contribution in [1.82, 2.24) is 0 Å². The summed E-state index contributed by atoms with van der Waals surface area (Å²) in [6.07, 6.45) is 47.0. The third-order valence-electron chi connectivity index (χ3n) is 8.99. The lowest BCUT2D eigenvalue weighted by Crippen LogP contribution is -2.12. The molecule has 1 atom stereocenters. The quantitative estimate of drug-likeness (QED) is 0.0426. The van der Waals surface area contributed by atoms with Gasteiger partial charge in [-0.1, -0.05) is 212 Å². The summed E-state index contributed by atoms with van der Waals surface area (Å²) in [5.41, 5.74) is 0. The Labute approximate surface area is 271 Å². The number of hydrogen-bond acceptors (Lipinski definition) is 3. The van der Waals surface area contributed by atoms with Crippen LogP contribution in [0.5, 0.6) is 0 Å². The summed E-state index contributed by atoms with van der Waals surface area (Å²) >= 11 is 0. The van der Waals surface area contributed by atoms with Gasteiger partial charge in [0.1, 0.15) is 0 Å². The zero-order valence-electron chi connectivity index (χ0n) is 29.1. The zero-order chi connectivity index (χ0) is 31.5. The first-order valence-corrected chi connectivity index (χ1v) is 20.6. The summed E-state index contributed by atoms with van der Waals surface area (Å²) in [6.45, 7) is 4.61. The molecule has 5 heteroatoms. The highest BCUT2D eigenvalue weighted by Gasteiger charge is 2.11. The van der Waals surface area contributed by atoms with Crippen molar-refractivity contribution in [2.24, 2.45) is 5.92 Å². The Kier molecular flexibility index (Phi) is 34.2. The van der Waals surface area contributed by atoms with E-state index >= 15 is 0 Å². The molecule has 0 bridgehead atoms. The van der Waals surface area contributed by atoms with Gasteiger partial charge in [-0.15, -0.1) is 0 Å². The van der Waals surface area contributed by atoms with Crippen molar-refractivity contribution >= 4 is 10.4 Å². The molecule has 0 aromatic carbocycles. The van der Waals surface area contributed by atoms with E-state index in [4.69, 9.17) is 8.74 Å². The average molecular weight is 629 g/mol. The van der Waals surface area contributed by atoms with Crippen molar-refractivity contribution in [2.75, 3.05) is 6.61 Å². The van der Waals surface area contributed by atoms with Crippen LogP contribution in [0, 0.1) is 5.92 Å². The maximum absolute atomic E-state index is 11.1. The molecule has 0 amide bonds. The summed E-state index contributed by atoms with van der Waals surface area (Å²) in [5, 5.41) is 0. The molecule has 1 unspecified atom stereocenters. The Bertz CT molecular complexity index is 661. The first-order chi connectivity index (χ1) is 21.0. The van der Waals surface area contributed by atoms with E-state index in [0.29, 0.717) is 0 Å². The Morgan fingerprint density at radius 1 is 0.488 bits per heavy atom. The molecule has 0 aromatic heterocycles. The van der Waals surface area contributed by atoms with Gasteiger partial charge in [0.15, 0.2) is 0 Å². The van der Waals surface area contributed by atoms with Gasteiger partial charge in [-0.3, -0.25) is 4.55 Å². The SMILES string of the molecule is CCCCCCCCCCCCCCC/C=C/C(CCCCCCCCCCCCCCCCCCC)COS(=O)(=O)O. The summed E-state index contributed by atoms with van der Waals surface area (Å²) in [7, 11) is -4.37. The fourth-order valence-corrected chi connectivity index (χ4v) is 6.46. The van der Waals surface area contributed by atoms with E-state index in [1.165, 1.54) is 186 Å². The molecular formula is C38H76O4S. The molecule has 0 saturated heterocycles. The molecule has 1 N–H and O–H groups in total. The van der Waals surface area contributed by atoms with Crippen molar-refractivity contribution < 1.29 is 17.2 Å². The van der Waals surface area contributed by atoms with Crippen LogP contribution in [0.4, 0.5) is 0 Å². The van der Waals surface area contributed by atoms with Crippen LogP contribution in [0.3, 0.4) is 0 Å². The van der Waals surface area contributed by atoms with E-state index in [-0.39, 0.29) is 12.5 Å². The lowest BCUT2D eigenvalue weighted by Gasteiger charge is -2.12. The molecule has 258 valence electrons. The average Bonchev–Trinajstić information content (AvgIpc) is 2.98. The van der Waals surface area contributed by atoms with Gasteiger partial charge in [0, 0.05) is 5.92 Å². The molecule has 0 rings (SSSR count). The number of rotatable bonds is 36. The van der Waals surface area contributed by atoms with Gasteiger partial charge >= 0.3 is 10.4 Å². The highest BCUT2D eigenvalue weighted by Crippen LogP contribution is 2.18. The van der Waals surface area contributed by atoms with E-state index in [2.05, 4.69) is 26.0 Å². The molecule has 0 heterocycles. The second kappa shape index (κ2) is 34.5. The molecule has 0 aliphatic carbocycles. The maximum atomic E-state index is 11.1. The van der Waals surface area contributed by atoms with Gasteiger partial charge in [0.2, 0.25) is 0 Å². The number of unbranched alkanes of at least 4 members (excludes halogenated alkanes) is 29. The molecule has 0 aliphatic rings. The van der Waals surface area contributed by atoms with Gasteiger partial charge in [-0.25, -0.2) is 4.18 Å². The van der Waals surface area contributed by atoms with Crippen molar-refractivity contribution in [3.05, 3.63) is 12.2 Å². The standard InChI is InChI=1S/C38H76O4S/c1-3-5-7-9-11-13-15-17-19-20-22-24-26-28-30-32-34-36-38(37-42-43(39,40)41)35-33-31-29-27-25-23-21-18-16-14-12-10-8-6-4-2/h33,35,38H,3-32,34,36-37H2,1-2H3,(H,39,40,41)/b35-33+. The molecule has 0 aliphatic heterocycles. The van der Waals surface area contributed by atoms with E-state index in [9.17, 15) is 8.42 Å². The highest BCUT2D eigenvalue weighted by atomic mass is 32.3. The monoisotopic (exact) mass is 629 g/mol. The van der Waals surface area contributed by atoms with Gasteiger partial charge < -0.3 is 0 Å². The molecule has 0 radical (unpaired) electrons. The van der Waals surface area contributed by atoms with Crippen molar-refractivity contribution in [2.45, 2.75) is 219 Å². The predicted molar refractivity (Wildman–Crippen MR) is 189 cm³/mol. The smallest absolute Gasteiger partial charge is 0.264 e. The fraction of sp³-hybridized carbons (Fsp3) is 0.947. The lowest BCUT2D eigenvalue weighted by molar-refractivity contribution is 0.234. The first-order valence-electron chi connectivity index (χ1n) is 19.3. The summed E-state index contributed by atoms with van der Waals surface area (Å²) in [6, 6.07) is 0. The topological polar surface area (TPSA) is 63.6 Å². The van der Waals surface area contributed by atoms with Crippen molar-refractivity contribution in [3.8, 4) is 0 Å². The molecule has 0 saturated carbocycles. The summed E-state index contributed by atoms with van der Waals surface area (Å²) < 4.78 is 35.9. The second-order valence-corrected chi connectivity index (χ2v) is 14.5. The Hall–Kier alpha value is -0.390. The molecule has 4 nitrogen and oxygen atoms in total. The summed E-state index contributed by atoms with van der Waals surface area (Å²) in [4.78, 5) is 0. The number of allylic oxidation sites excluding steroid dienone is 1. The number of hydrogen-bond donors (Lipinski definition) is 1. The van der Waals surface area contributed by atoms with Crippen LogP contribution in [0.2, 0.25) is 0 Å². The molecule has 0 fully saturated rings. The third kappa shape index (κ3) is 37.7. The van der Waals surface area contributed by atoms with Crippen LogP contribution in [-0.2, 0) is 14.6 Å². The van der Waals surface area contributed by atoms with E-state index in [0.717, 1.165) is 19.3 Å². The second-order valence-electron chi connectivity index (χ2n) is 13.4. The maximum Gasteiger partial charge on any atom is 0.397 e. The predicted octanol–water partition coefficient (Wildman–Crippen LogP) is 13.5. The Balaban J connectivity index is 3.73. The van der Waals surface area contributed by atoms with E-state index in [1.807, 2.05) is 0 Å². The minimum absolute atomic E-state index is 0.0484. The minimum Gasteiger partial charge on any atom is -0.264 e. The summed E-state index contributed by atoms with van der Waals surface area (Å²) in [5.74, 6) is 0.0558. The van der Waals surface area contributed by atoms with Crippen LogP contribution in [0.15, 0.2) is 12.2 Å². The molecule has 0 aromatic rings. The third-order valence-corrected chi connectivity index (χ3v) is 9.43. The van der Waals surface area contributed by atoms with Gasteiger partial charge in [-0.05, 0) is 19.3 Å². The van der Waals surface area contributed by atoms with Gasteiger partial charge in [0.05, 0.1) is 6.61 Å². The van der Waals surface area contributed by atoms with Crippen LogP contribution < -0.4 is 0 Å². The van der Waals surface area contributed by atoms with Gasteiger partial charge in [-0.2, -0.15) is 8.42 Å². The molecular weight excluding hydrogens is 552 g/mol. The van der Waals surface area contributed by atoms with E-state index in [1.54, 1.807) is 0 Å². The van der Waals surface area contributed by atoms with Crippen molar-refractivity contribution in [3.63, 3.8) is 0 Å². The van der Waals surface area contributed by atoms with Crippen molar-refractivity contribution in [1.29, 1.82) is 0 Å². The Morgan fingerprint density at radius 2 is 0.791 bits per heavy atom. The normalized spacial score (nSPS) is 12.9. The largest absolute Gasteiger partial charge is 0.397 e. The zero-order valence-corrected chi connectivity index (χ0v) is 30.0. The molecule has 43 heavy (non-hydrogen) atoms. The fourth-order valence-electron chi connectivity index (χ4n) is 6.11. The van der Waals surface area contributed by atoms with Crippen LogP contribution >= 0.6 is 0 Å². The highest BCUT2D eigenvalue weighted by molar-refractivity contribution is 7.80.